The number of halogens is 2. The van der Waals surface area contributed by atoms with Crippen LogP contribution in [0.3, 0.4) is 0 Å². The quantitative estimate of drug-likeness (QED) is 0.208. The second kappa shape index (κ2) is 11.9. The Morgan fingerprint density at radius 1 is 1.18 bits per heavy atom. The molecule has 4 aromatic rings. The van der Waals surface area contributed by atoms with Gasteiger partial charge in [-0.1, -0.05) is 17.7 Å². The number of pyridine rings is 1. The Labute approximate surface area is 240 Å². The number of hydrogen-bond donors (Lipinski definition) is 2. The summed E-state index contributed by atoms with van der Waals surface area (Å²) in [5.41, 5.74) is 2.96. The van der Waals surface area contributed by atoms with Crippen LogP contribution in [-0.4, -0.2) is 45.8 Å². The lowest BCUT2D eigenvalue weighted by Crippen LogP contribution is -2.41. The van der Waals surface area contributed by atoms with E-state index in [1.54, 1.807) is 50.0 Å². The summed E-state index contributed by atoms with van der Waals surface area (Å²) < 4.78 is 36.5. The van der Waals surface area contributed by atoms with Gasteiger partial charge in [-0.05, 0) is 61.2 Å². The zero-order valence-corrected chi connectivity index (χ0v) is 23.5. The van der Waals surface area contributed by atoms with Gasteiger partial charge < -0.3 is 23.9 Å². The Kier molecular flexibility index (Phi) is 8.30. The first-order chi connectivity index (χ1) is 19.4. The van der Waals surface area contributed by atoms with Crippen LogP contribution in [0.2, 0.25) is 5.02 Å². The standard InChI is InChI=1S/C29H28ClFN4O4S/c1-38-24-9-10-26(34-27(24)18-5-8-23(31)22(30)13-18)29(40-37,21-6-7-21)16-33-28(36)19-3-4-20(25(14-19)39-2)15-35-12-11-32-17-35/h3-5,8-14,17,21,37H,6-7,15-16H2,1-2H3,(H,33,36). The highest BCUT2D eigenvalue weighted by atomic mass is 35.5. The number of nitrogens with one attached hydrogen (secondary N) is 1. The summed E-state index contributed by atoms with van der Waals surface area (Å²) in [6.45, 7) is 0.696. The minimum Gasteiger partial charge on any atom is -0.496 e. The number of aromatic nitrogens is 3. The predicted molar refractivity (Wildman–Crippen MR) is 152 cm³/mol. The largest absolute Gasteiger partial charge is 0.496 e. The van der Waals surface area contributed by atoms with Gasteiger partial charge in [0, 0.05) is 47.7 Å². The van der Waals surface area contributed by atoms with E-state index in [2.05, 4.69) is 10.3 Å². The average molecular weight is 583 g/mol. The maximum absolute atomic E-state index is 13.8. The number of carbonyl (C=O) groups is 1. The van der Waals surface area contributed by atoms with Gasteiger partial charge in [0.15, 0.2) is 0 Å². The molecule has 0 saturated heterocycles. The molecular weight excluding hydrogens is 555 g/mol. The normalized spacial score (nSPS) is 14.4. The minimum absolute atomic E-state index is 0.0320. The van der Waals surface area contributed by atoms with Gasteiger partial charge in [-0.25, -0.2) is 14.4 Å². The molecule has 1 fully saturated rings. The fraction of sp³-hybridized carbons (Fsp3) is 0.276. The van der Waals surface area contributed by atoms with Crippen LogP contribution in [0.1, 0.15) is 34.5 Å². The first-order valence-corrected chi connectivity index (χ1v) is 13.8. The monoisotopic (exact) mass is 582 g/mol. The van der Waals surface area contributed by atoms with E-state index in [-0.39, 0.29) is 23.4 Å². The Bertz CT molecular complexity index is 1520. The van der Waals surface area contributed by atoms with Gasteiger partial charge >= 0.3 is 0 Å². The summed E-state index contributed by atoms with van der Waals surface area (Å²) in [5, 5.41) is 2.97. The molecule has 208 valence electrons. The summed E-state index contributed by atoms with van der Waals surface area (Å²) in [4.78, 5) is 22.2. The number of amides is 1. The maximum atomic E-state index is 13.8. The molecule has 0 bridgehead atoms. The van der Waals surface area contributed by atoms with E-state index in [0.29, 0.717) is 52.6 Å². The van der Waals surface area contributed by atoms with Gasteiger partial charge in [0.1, 0.15) is 27.8 Å². The number of nitrogens with zero attached hydrogens (tertiary/aromatic N) is 3. The molecule has 2 aromatic carbocycles. The Hall–Kier alpha value is -3.60. The van der Waals surface area contributed by atoms with E-state index in [0.717, 1.165) is 18.4 Å². The molecule has 1 atom stereocenters. The van der Waals surface area contributed by atoms with Crippen LogP contribution in [-0.2, 0) is 11.3 Å². The van der Waals surface area contributed by atoms with Crippen LogP contribution in [0.25, 0.3) is 11.3 Å². The highest BCUT2D eigenvalue weighted by molar-refractivity contribution is 7.94. The molecule has 0 aliphatic heterocycles. The van der Waals surface area contributed by atoms with Crippen LogP contribution in [0.4, 0.5) is 4.39 Å². The highest BCUT2D eigenvalue weighted by Gasteiger charge is 2.49. The van der Waals surface area contributed by atoms with Gasteiger partial charge in [0.05, 0.1) is 37.8 Å². The van der Waals surface area contributed by atoms with Gasteiger partial charge in [0.2, 0.25) is 0 Å². The first kappa shape index (κ1) is 27.9. The Morgan fingerprint density at radius 3 is 2.62 bits per heavy atom. The molecule has 1 amide bonds. The van der Waals surface area contributed by atoms with Crippen molar-refractivity contribution in [2.75, 3.05) is 20.8 Å². The van der Waals surface area contributed by atoms with E-state index in [9.17, 15) is 13.7 Å². The van der Waals surface area contributed by atoms with Gasteiger partial charge in [-0.2, -0.15) is 0 Å². The van der Waals surface area contributed by atoms with Crippen LogP contribution in [0.15, 0.2) is 67.3 Å². The molecule has 2 heterocycles. The van der Waals surface area contributed by atoms with Crippen LogP contribution >= 0.6 is 23.6 Å². The summed E-state index contributed by atoms with van der Waals surface area (Å²) in [6, 6.07) is 13.2. The zero-order chi connectivity index (χ0) is 28.3. The van der Waals surface area contributed by atoms with Crippen molar-refractivity contribution in [2.24, 2.45) is 5.92 Å². The van der Waals surface area contributed by atoms with Gasteiger partial charge in [0.25, 0.3) is 5.91 Å². The summed E-state index contributed by atoms with van der Waals surface area (Å²) in [6.07, 6.45) is 7.03. The fourth-order valence-corrected chi connectivity index (χ4v) is 5.66. The van der Waals surface area contributed by atoms with Crippen molar-refractivity contribution in [1.29, 1.82) is 0 Å². The van der Waals surface area contributed by atoms with E-state index in [1.165, 1.54) is 19.2 Å². The van der Waals surface area contributed by atoms with Crippen molar-refractivity contribution in [1.82, 2.24) is 19.9 Å². The van der Waals surface area contributed by atoms with Crippen molar-refractivity contribution >= 4 is 29.6 Å². The number of imidazole rings is 1. The Morgan fingerprint density at radius 2 is 1.98 bits per heavy atom. The van der Waals surface area contributed by atoms with Crippen molar-refractivity contribution < 1.29 is 23.2 Å². The molecule has 5 rings (SSSR count). The molecule has 11 heteroatoms. The molecule has 0 spiro atoms. The summed E-state index contributed by atoms with van der Waals surface area (Å²) in [7, 11) is 3.09. The van der Waals surface area contributed by atoms with E-state index < -0.39 is 10.6 Å². The summed E-state index contributed by atoms with van der Waals surface area (Å²) in [5.74, 6) is 0.329. The third-order valence-electron chi connectivity index (χ3n) is 7.08. The number of hydrogen-bond acceptors (Lipinski definition) is 7. The van der Waals surface area contributed by atoms with Crippen molar-refractivity contribution in [3.05, 3.63) is 94.9 Å². The third-order valence-corrected chi connectivity index (χ3v) is 8.38. The number of methoxy groups -OCH3 is 2. The van der Waals surface area contributed by atoms with Gasteiger partial charge in [-0.3, -0.25) is 4.79 Å². The molecule has 1 unspecified atom stereocenters. The molecule has 0 radical (unpaired) electrons. The predicted octanol–water partition coefficient (Wildman–Crippen LogP) is 6.04. The van der Waals surface area contributed by atoms with E-state index in [4.69, 9.17) is 26.1 Å². The number of benzene rings is 2. The topological polar surface area (TPSA) is 98.5 Å². The second-order valence-electron chi connectivity index (χ2n) is 9.58. The van der Waals surface area contributed by atoms with Crippen molar-refractivity contribution in [2.45, 2.75) is 24.1 Å². The lowest BCUT2D eigenvalue weighted by molar-refractivity contribution is 0.0947. The summed E-state index contributed by atoms with van der Waals surface area (Å²) >= 11 is 6.71. The maximum Gasteiger partial charge on any atom is 0.251 e. The number of rotatable bonds is 11. The van der Waals surface area contributed by atoms with Gasteiger partial charge in [-0.15, -0.1) is 0 Å². The van der Waals surface area contributed by atoms with Crippen LogP contribution < -0.4 is 14.8 Å². The fourth-order valence-electron chi connectivity index (χ4n) is 4.75. The van der Waals surface area contributed by atoms with Crippen LogP contribution in [0, 0.1) is 11.7 Å². The molecule has 1 aliphatic rings. The van der Waals surface area contributed by atoms with Crippen molar-refractivity contribution in [3.8, 4) is 22.8 Å². The molecule has 2 aromatic heterocycles. The number of ether oxygens (including phenoxy) is 2. The van der Waals surface area contributed by atoms with E-state index in [1.807, 2.05) is 16.8 Å². The molecule has 8 nitrogen and oxygen atoms in total. The zero-order valence-electron chi connectivity index (χ0n) is 21.9. The SMILES string of the molecule is COc1cc(C(=O)NCC(SO)(c2ccc(OC)c(-c3ccc(F)c(Cl)c3)n2)C2CC2)ccc1Cn1ccnc1. The molecular formula is C29H28ClFN4O4S. The van der Waals surface area contributed by atoms with Crippen molar-refractivity contribution in [3.63, 3.8) is 0 Å². The molecule has 40 heavy (non-hydrogen) atoms. The van der Waals surface area contributed by atoms with Crippen LogP contribution in [0.5, 0.6) is 11.5 Å². The second-order valence-corrected chi connectivity index (χ2v) is 10.9. The first-order valence-electron chi connectivity index (χ1n) is 12.6. The minimum atomic E-state index is -0.897. The highest BCUT2D eigenvalue weighted by Crippen LogP contribution is 2.53. The third kappa shape index (κ3) is 5.65. The smallest absolute Gasteiger partial charge is 0.251 e. The number of carbonyl (C=O) groups excluding carboxylic acids is 1. The average Bonchev–Trinajstić information content (AvgIpc) is 3.71. The molecule has 2 N–H and O–H groups in total. The lowest BCUT2D eigenvalue weighted by atomic mass is 9.96. The molecule has 1 saturated carbocycles. The molecule has 1 aliphatic carbocycles. The van der Waals surface area contributed by atoms with E-state index >= 15 is 0 Å². The Balaban J connectivity index is 1.41. The lowest BCUT2D eigenvalue weighted by Gasteiger charge is -2.31.